The summed E-state index contributed by atoms with van der Waals surface area (Å²) in [6.07, 6.45) is 4.55. The van der Waals surface area contributed by atoms with E-state index in [1.54, 1.807) is 0 Å². The number of aromatic nitrogens is 1. The summed E-state index contributed by atoms with van der Waals surface area (Å²) in [4.78, 5) is 14.7. The van der Waals surface area contributed by atoms with Gasteiger partial charge >= 0.3 is 0 Å². The lowest BCUT2D eigenvalue weighted by Crippen LogP contribution is -2.44. The summed E-state index contributed by atoms with van der Waals surface area (Å²) in [5.74, 6) is 1.10. The lowest BCUT2D eigenvalue weighted by Gasteiger charge is -2.39. The maximum absolute atomic E-state index is 4.84. The number of hydrogen-bond acceptors (Lipinski definition) is 5. The Labute approximate surface area is 188 Å². The number of likely N-dealkylation sites (tertiary alicyclic amines) is 1. The molecule has 31 heavy (non-hydrogen) atoms. The molecule has 0 N–H and O–H groups in total. The van der Waals surface area contributed by atoms with E-state index in [0.717, 1.165) is 38.5 Å². The molecule has 5 nitrogen and oxygen atoms in total. The van der Waals surface area contributed by atoms with Gasteiger partial charge in [0.1, 0.15) is 5.82 Å². The summed E-state index contributed by atoms with van der Waals surface area (Å²) in [6.45, 7) is 14.6. The molecule has 3 heterocycles. The molecule has 0 atom stereocenters. The number of pyridine rings is 1. The smallest absolute Gasteiger partial charge is 0.128 e. The lowest BCUT2D eigenvalue weighted by molar-refractivity contribution is 0.250. The van der Waals surface area contributed by atoms with Gasteiger partial charge in [-0.05, 0) is 95.7 Å². The van der Waals surface area contributed by atoms with Crippen molar-refractivity contribution in [2.75, 3.05) is 69.7 Å². The maximum Gasteiger partial charge on any atom is 0.128 e. The third-order valence-corrected chi connectivity index (χ3v) is 7.33. The maximum atomic E-state index is 4.84. The molecular formula is C26H39N5. The van der Waals surface area contributed by atoms with Gasteiger partial charge in [0.2, 0.25) is 0 Å². The summed E-state index contributed by atoms with van der Waals surface area (Å²) >= 11 is 0. The first-order valence-electron chi connectivity index (χ1n) is 11.9. The number of piperidine rings is 1. The van der Waals surface area contributed by atoms with E-state index in [-0.39, 0.29) is 0 Å². The van der Waals surface area contributed by atoms with Gasteiger partial charge in [0.05, 0.1) is 0 Å². The molecule has 0 unspecified atom stereocenters. The fourth-order valence-corrected chi connectivity index (χ4v) is 5.02. The van der Waals surface area contributed by atoms with Crippen LogP contribution in [0.15, 0.2) is 30.5 Å². The van der Waals surface area contributed by atoms with Crippen molar-refractivity contribution in [3.05, 3.63) is 41.6 Å². The Morgan fingerprint density at radius 1 is 0.903 bits per heavy atom. The number of nitrogens with zero attached hydrogens (tertiary/aromatic N) is 5. The molecule has 0 aliphatic carbocycles. The van der Waals surface area contributed by atoms with E-state index < -0.39 is 0 Å². The Morgan fingerprint density at radius 2 is 1.58 bits per heavy atom. The van der Waals surface area contributed by atoms with Gasteiger partial charge in [0.15, 0.2) is 0 Å². The largest absolute Gasteiger partial charge is 0.368 e. The fourth-order valence-electron chi connectivity index (χ4n) is 5.02. The third kappa shape index (κ3) is 4.88. The van der Waals surface area contributed by atoms with Crippen LogP contribution in [0.1, 0.15) is 30.9 Å². The van der Waals surface area contributed by atoms with Crippen LogP contribution >= 0.6 is 0 Å². The molecule has 168 valence electrons. The monoisotopic (exact) mass is 421 g/mol. The van der Waals surface area contributed by atoms with Crippen molar-refractivity contribution in [1.82, 2.24) is 14.8 Å². The molecule has 0 spiro atoms. The highest BCUT2D eigenvalue weighted by Crippen LogP contribution is 2.33. The van der Waals surface area contributed by atoms with Gasteiger partial charge in [0.25, 0.3) is 0 Å². The molecule has 2 aromatic rings. The van der Waals surface area contributed by atoms with Crippen molar-refractivity contribution in [3.8, 4) is 11.1 Å². The van der Waals surface area contributed by atoms with Crippen LogP contribution in [0.2, 0.25) is 0 Å². The van der Waals surface area contributed by atoms with Gasteiger partial charge in [-0.3, -0.25) is 0 Å². The number of hydrogen-bond donors (Lipinski definition) is 0. The number of rotatable bonds is 5. The van der Waals surface area contributed by atoms with Crippen molar-refractivity contribution in [3.63, 3.8) is 0 Å². The number of benzene rings is 1. The predicted molar refractivity (Wildman–Crippen MR) is 132 cm³/mol. The highest BCUT2D eigenvalue weighted by Gasteiger charge is 2.24. The number of aryl methyl sites for hydroxylation is 1. The second-order valence-corrected chi connectivity index (χ2v) is 9.45. The van der Waals surface area contributed by atoms with E-state index in [4.69, 9.17) is 4.98 Å². The average molecular weight is 422 g/mol. The van der Waals surface area contributed by atoms with Crippen LogP contribution in [0.25, 0.3) is 11.1 Å². The van der Waals surface area contributed by atoms with E-state index in [1.807, 2.05) is 0 Å². The van der Waals surface area contributed by atoms with Gasteiger partial charge in [0, 0.05) is 56.2 Å². The molecular weight excluding hydrogens is 382 g/mol. The number of piperazine rings is 1. The first-order valence-corrected chi connectivity index (χ1v) is 11.9. The zero-order chi connectivity index (χ0) is 22.0. The van der Waals surface area contributed by atoms with Crippen molar-refractivity contribution in [2.24, 2.45) is 0 Å². The van der Waals surface area contributed by atoms with Crippen LogP contribution in [0.3, 0.4) is 0 Å². The molecule has 2 aliphatic rings. The van der Waals surface area contributed by atoms with Crippen molar-refractivity contribution < 1.29 is 0 Å². The summed E-state index contributed by atoms with van der Waals surface area (Å²) in [6, 6.07) is 9.81. The van der Waals surface area contributed by atoms with Crippen LogP contribution in [-0.2, 0) is 0 Å². The van der Waals surface area contributed by atoms with E-state index in [9.17, 15) is 0 Å². The zero-order valence-corrected chi connectivity index (χ0v) is 20.1. The van der Waals surface area contributed by atoms with Crippen LogP contribution in [-0.4, -0.2) is 80.7 Å². The Balaban J connectivity index is 1.58. The first-order chi connectivity index (χ1) is 15.0. The van der Waals surface area contributed by atoms with E-state index in [2.05, 4.69) is 84.9 Å². The molecule has 1 aromatic heterocycles. The van der Waals surface area contributed by atoms with Crippen molar-refractivity contribution >= 4 is 11.5 Å². The highest BCUT2D eigenvalue weighted by atomic mass is 15.3. The molecule has 2 fully saturated rings. The summed E-state index contributed by atoms with van der Waals surface area (Å²) < 4.78 is 0. The Kier molecular flexibility index (Phi) is 6.83. The molecule has 4 rings (SSSR count). The Bertz CT molecular complexity index is 862. The fraction of sp³-hybridized carbons (Fsp3) is 0.577. The minimum atomic E-state index is 0.632. The van der Waals surface area contributed by atoms with Crippen LogP contribution < -0.4 is 9.80 Å². The summed E-state index contributed by atoms with van der Waals surface area (Å²) in [5.41, 5.74) is 6.66. The summed E-state index contributed by atoms with van der Waals surface area (Å²) in [7, 11) is 4.43. The van der Waals surface area contributed by atoms with Gasteiger partial charge in [-0.25, -0.2) is 4.98 Å². The second-order valence-electron chi connectivity index (χ2n) is 9.45. The molecule has 5 heteroatoms. The third-order valence-electron chi connectivity index (χ3n) is 7.33. The summed E-state index contributed by atoms with van der Waals surface area (Å²) in [5, 5.41) is 0. The van der Waals surface area contributed by atoms with Gasteiger partial charge in [-0.2, -0.15) is 0 Å². The minimum Gasteiger partial charge on any atom is -0.368 e. The highest BCUT2D eigenvalue weighted by molar-refractivity contribution is 5.72. The van der Waals surface area contributed by atoms with E-state index in [0.29, 0.717) is 6.04 Å². The molecule has 1 aromatic carbocycles. The standard InChI is InChI=1S/C26H39N5/c1-6-31(24-9-11-28(4)12-10-24)25-18-23(17-20(2)21(25)3)22-7-8-26(27-19-22)30-15-13-29(5)14-16-30/h7-8,17-19,24H,6,9-16H2,1-5H3. The molecule has 2 saturated heterocycles. The SMILES string of the molecule is CCN(c1cc(-c2ccc(N3CCN(C)CC3)nc2)cc(C)c1C)C1CCN(C)CC1. The number of likely N-dealkylation sites (N-methyl/N-ethyl adjacent to an activating group) is 1. The second kappa shape index (κ2) is 9.58. The van der Waals surface area contributed by atoms with E-state index in [1.165, 1.54) is 53.9 Å². The first kappa shape index (κ1) is 22.1. The quantitative estimate of drug-likeness (QED) is 0.726. The molecule has 2 aliphatic heterocycles. The molecule has 0 radical (unpaired) electrons. The normalized spacial score (nSPS) is 19.1. The van der Waals surface area contributed by atoms with Crippen molar-refractivity contribution in [2.45, 2.75) is 39.7 Å². The molecule has 0 bridgehead atoms. The minimum absolute atomic E-state index is 0.632. The van der Waals surface area contributed by atoms with Crippen molar-refractivity contribution in [1.29, 1.82) is 0 Å². The molecule has 0 saturated carbocycles. The van der Waals surface area contributed by atoms with Gasteiger partial charge in [-0.15, -0.1) is 0 Å². The topological polar surface area (TPSA) is 25.9 Å². The van der Waals surface area contributed by atoms with Gasteiger partial charge in [-0.1, -0.05) is 6.07 Å². The Hall–Kier alpha value is -2.11. The zero-order valence-electron chi connectivity index (χ0n) is 20.1. The molecule has 0 amide bonds. The van der Waals surface area contributed by atoms with Crippen LogP contribution in [0.5, 0.6) is 0 Å². The average Bonchev–Trinajstić information content (AvgIpc) is 2.79. The lowest BCUT2D eigenvalue weighted by atomic mass is 9.96. The van der Waals surface area contributed by atoms with Crippen LogP contribution in [0, 0.1) is 13.8 Å². The van der Waals surface area contributed by atoms with E-state index >= 15 is 0 Å². The number of anilines is 2. The van der Waals surface area contributed by atoms with Crippen LogP contribution in [0.4, 0.5) is 11.5 Å². The predicted octanol–water partition coefficient (Wildman–Crippen LogP) is 4.04. The Morgan fingerprint density at radius 3 is 2.19 bits per heavy atom. The van der Waals surface area contributed by atoms with Gasteiger partial charge < -0.3 is 19.6 Å².